The van der Waals surface area contributed by atoms with Crippen molar-refractivity contribution >= 4 is 17.7 Å². The van der Waals surface area contributed by atoms with Crippen LogP contribution in [-0.4, -0.2) is 5.12 Å². The van der Waals surface area contributed by atoms with Crippen LogP contribution in [-0.2, 0) is 4.79 Å². The minimum Gasteiger partial charge on any atom is -0.282 e. The molecule has 0 radical (unpaired) electrons. The van der Waals surface area contributed by atoms with Gasteiger partial charge >= 0.3 is 0 Å². The van der Waals surface area contributed by atoms with Gasteiger partial charge in [0.2, 0.25) is 5.12 Å². The first-order chi connectivity index (χ1) is 4.09. The monoisotopic (exact) mass is 144 g/mol. The molecule has 1 atom stereocenters. The number of rotatable bonds is 3. The molecule has 52 valence electrons. The third-order valence-electron chi connectivity index (χ3n) is 1.48. The minimum atomic E-state index is -0.190. The van der Waals surface area contributed by atoms with Crippen molar-refractivity contribution in [2.24, 2.45) is 5.92 Å². The second-order valence-corrected chi connectivity index (χ2v) is 2.55. The first-order valence-electron chi connectivity index (χ1n) is 3.01. The number of hydrogen-bond donors (Lipinski definition) is 1. The van der Waals surface area contributed by atoms with Crippen LogP contribution in [0.25, 0.3) is 0 Å². The fourth-order valence-electron chi connectivity index (χ4n) is 0.457. The molecule has 0 unspecified atom stereocenters. The van der Waals surface area contributed by atoms with Crippen LogP contribution in [0.4, 0.5) is 0 Å². The molecular weight excluding hydrogens is 132 g/mol. The van der Waals surface area contributed by atoms with Gasteiger partial charge in [0.1, 0.15) is 0 Å². The van der Waals surface area contributed by atoms with Gasteiger partial charge in [0.15, 0.2) is 0 Å². The zero-order valence-electron chi connectivity index (χ0n) is 5.85. The molecule has 0 aromatic rings. The van der Waals surface area contributed by atoms with E-state index in [4.69, 9.17) is 0 Å². The Balaban J connectivity index is 3.88. The van der Waals surface area contributed by atoms with Gasteiger partial charge in [-0.1, -0.05) is 20.4 Å². The normalized spacial score (nSPS) is 12.8. The molecule has 1 nitrogen and oxygen atoms in total. The Bertz CT molecular complexity index is 129. The summed E-state index contributed by atoms with van der Waals surface area (Å²) in [6.07, 6.45) is 0.950. The standard InChI is InChI=1S/C7H12OS/c1-4-5(2)6(3)7(8)9/h5H,3-4H2,1-2H3,(H,8,9)/t5-/m0/s1. The highest BCUT2D eigenvalue weighted by atomic mass is 32.1. The molecule has 0 amide bonds. The molecule has 0 aromatic carbocycles. The van der Waals surface area contributed by atoms with E-state index in [9.17, 15) is 4.79 Å². The van der Waals surface area contributed by atoms with E-state index >= 15 is 0 Å². The smallest absolute Gasteiger partial charge is 0.211 e. The Hall–Kier alpha value is -0.240. The lowest BCUT2D eigenvalue weighted by molar-refractivity contribution is -0.108. The van der Waals surface area contributed by atoms with Crippen molar-refractivity contribution in [2.45, 2.75) is 20.3 Å². The predicted molar refractivity (Wildman–Crippen MR) is 42.6 cm³/mol. The molecule has 0 saturated carbocycles. The quantitative estimate of drug-likeness (QED) is 0.474. The second-order valence-electron chi connectivity index (χ2n) is 2.14. The van der Waals surface area contributed by atoms with Gasteiger partial charge in [0.25, 0.3) is 0 Å². The van der Waals surface area contributed by atoms with E-state index in [2.05, 4.69) is 19.2 Å². The predicted octanol–water partition coefficient (Wildman–Crippen LogP) is 2.05. The Morgan fingerprint density at radius 3 is 2.33 bits per heavy atom. The van der Waals surface area contributed by atoms with Crippen molar-refractivity contribution in [3.63, 3.8) is 0 Å². The summed E-state index contributed by atoms with van der Waals surface area (Å²) in [5.74, 6) is 0.273. The molecule has 0 aliphatic carbocycles. The molecule has 0 aromatic heterocycles. The molecular formula is C7H12OS. The van der Waals surface area contributed by atoms with Crippen LogP contribution >= 0.6 is 12.6 Å². The van der Waals surface area contributed by atoms with Crippen LogP contribution in [0.5, 0.6) is 0 Å². The van der Waals surface area contributed by atoms with E-state index in [1.54, 1.807) is 0 Å². The Labute approximate surface area is 61.6 Å². The maximum atomic E-state index is 10.5. The summed E-state index contributed by atoms with van der Waals surface area (Å²) in [7, 11) is 0. The third kappa shape index (κ3) is 2.70. The van der Waals surface area contributed by atoms with Crippen LogP contribution in [0.1, 0.15) is 20.3 Å². The topological polar surface area (TPSA) is 17.1 Å². The highest BCUT2D eigenvalue weighted by Crippen LogP contribution is 2.13. The third-order valence-corrected chi connectivity index (χ3v) is 1.77. The fraction of sp³-hybridized carbons (Fsp3) is 0.571. The zero-order valence-corrected chi connectivity index (χ0v) is 6.74. The van der Waals surface area contributed by atoms with Gasteiger partial charge in [-0.25, -0.2) is 0 Å². The molecule has 0 rings (SSSR count). The van der Waals surface area contributed by atoms with Crippen molar-refractivity contribution in [3.8, 4) is 0 Å². The lowest BCUT2D eigenvalue weighted by Crippen LogP contribution is -2.02. The average molecular weight is 144 g/mol. The number of carbonyl (C=O) groups is 1. The van der Waals surface area contributed by atoms with Crippen molar-refractivity contribution in [1.29, 1.82) is 0 Å². The summed E-state index contributed by atoms with van der Waals surface area (Å²) < 4.78 is 0. The fourth-order valence-corrected chi connectivity index (χ4v) is 0.678. The summed E-state index contributed by atoms with van der Waals surface area (Å²) in [6.45, 7) is 7.59. The van der Waals surface area contributed by atoms with E-state index in [1.807, 2.05) is 13.8 Å². The molecule has 0 fully saturated rings. The Kier molecular flexibility index (Phi) is 3.62. The van der Waals surface area contributed by atoms with Crippen molar-refractivity contribution in [1.82, 2.24) is 0 Å². The molecule has 0 bridgehead atoms. The molecule has 0 spiro atoms. The molecule has 9 heavy (non-hydrogen) atoms. The zero-order chi connectivity index (χ0) is 7.44. The molecule has 2 heteroatoms. The molecule has 0 aliphatic rings. The van der Waals surface area contributed by atoms with Crippen LogP contribution in [0, 0.1) is 5.92 Å². The van der Waals surface area contributed by atoms with Gasteiger partial charge in [0, 0.05) is 5.57 Å². The van der Waals surface area contributed by atoms with Gasteiger partial charge in [-0.3, -0.25) is 4.79 Å². The van der Waals surface area contributed by atoms with Gasteiger partial charge in [-0.05, 0) is 12.3 Å². The molecule has 0 saturated heterocycles. The summed E-state index contributed by atoms with van der Waals surface area (Å²) in [6, 6.07) is 0. The van der Waals surface area contributed by atoms with Crippen molar-refractivity contribution in [2.75, 3.05) is 0 Å². The van der Waals surface area contributed by atoms with Crippen LogP contribution in [0.15, 0.2) is 12.2 Å². The summed E-state index contributed by atoms with van der Waals surface area (Å²) in [5, 5.41) is -0.190. The average Bonchev–Trinajstić information content (AvgIpc) is 1.84. The maximum absolute atomic E-state index is 10.5. The number of carbonyl (C=O) groups excluding carboxylic acids is 1. The van der Waals surface area contributed by atoms with Crippen LogP contribution in [0.2, 0.25) is 0 Å². The lowest BCUT2D eigenvalue weighted by Gasteiger charge is -2.06. The van der Waals surface area contributed by atoms with Crippen LogP contribution < -0.4 is 0 Å². The largest absolute Gasteiger partial charge is 0.282 e. The van der Waals surface area contributed by atoms with Crippen molar-refractivity contribution in [3.05, 3.63) is 12.2 Å². The van der Waals surface area contributed by atoms with Gasteiger partial charge in [-0.15, -0.1) is 12.6 Å². The molecule has 0 N–H and O–H groups in total. The Morgan fingerprint density at radius 2 is 2.22 bits per heavy atom. The summed E-state index contributed by atoms with van der Waals surface area (Å²) in [5.41, 5.74) is 0.612. The van der Waals surface area contributed by atoms with Gasteiger partial charge in [0.05, 0.1) is 0 Å². The number of hydrogen-bond acceptors (Lipinski definition) is 1. The van der Waals surface area contributed by atoms with E-state index in [0.717, 1.165) is 6.42 Å². The van der Waals surface area contributed by atoms with Crippen LogP contribution in [0.3, 0.4) is 0 Å². The van der Waals surface area contributed by atoms with Gasteiger partial charge in [-0.2, -0.15) is 0 Å². The van der Waals surface area contributed by atoms with Gasteiger partial charge < -0.3 is 0 Å². The lowest BCUT2D eigenvalue weighted by atomic mass is 10.0. The second kappa shape index (κ2) is 3.72. The van der Waals surface area contributed by atoms with E-state index in [0.29, 0.717) is 5.57 Å². The number of thiol groups is 1. The molecule has 0 aliphatic heterocycles. The highest BCUT2D eigenvalue weighted by Gasteiger charge is 2.07. The maximum Gasteiger partial charge on any atom is 0.211 e. The SMILES string of the molecule is C=C(C(=O)S)[C@@H](C)CC. The van der Waals surface area contributed by atoms with E-state index in [1.165, 1.54) is 0 Å². The summed E-state index contributed by atoms with van der Waals surface area (Å²) in [4.78, 5) is 10.5. The summed E-state index contributed by atoms with van der Waals surface area (Å²) >= 11 is 3.65. The first kappa shape index (κ1) is 8.76. The van der Waals surface area contributed by atoms with E-state index < -0.39 is 0 Å². The Morgan fingerprint density at radius 1 is 1.78 bits per heavy atom. The van der Waals surface area contributed by atoms with E-state index in [-0.39, 0.29) is 11.0 Å². The van der Waals surface area contributed by atoms with Crippen molar-refractivity contribution < 1.29 is 4.79 Å². The first-order valence-corrected chi connectivity index (χ1v) is 3.46. The minimum absolute atomic E-state index is 0.190. The molecule has 0 heterocycles. The highest BCUT2D eigenvalue weighted by molar-refractivity contribution is 7.97.